The summed E-state index contributed by atoms with van der Waals surface area (Å²) in [5, 5.41) is 3.75. The molecule has 2 saturated carbocycles. The summed E-state index contributed by atoms with van der Waals surface area (Å²) in [6.07, 6.45) is 7.29. The molecule has 14 heavy (non-hydrogen) atoms. The Morgan fingerprint density at radius 1 is 1.21 bits per heavy atom. The fourth-order valence-electron chi connectivity index (χ4n) is 2.64. The van der Waals surface area contributed by atoms with Gasteiger partial charge in [-0.3, -0.25) is 0 Å². The second kappa shape index (κ2) is 3.84. The third kappa shape index (κ3) is 2.73. The lowest BCUT2D eigenvalue weighted by Gasteiger charge is -2.21. The van der Waals surface area contributed by atoms with Crippen molar-refractivity contribution < 1.29 is 0 Å². The molecule has 0 amide bonds. The minimum atomic E-state index is 0.706. The summed E-state index contributed by atoms with van der Waals surface area (Å²) in [7, 11) is 0. The predicted molar refractivity (Wildman–Crippen MR) is 61.3 cm³/mol. The molecule has 2 aliphatic rings. The Hall–Kier alpha value is -0.0400. The third-order valence-electron chi connectivity index (χ3n) is 3.93. The van der Waals surface area contributed by atoms with Gasteiger partial charge in [-0.15, -0.1) is 0 Å². The van der Waals surface area contributed by atoms with Gasteiger partial charge in [0.05, 0.1) is 0 Å². The molecule has 82 valence electrons. The molecule has 1 unspecified atom stereocenters. The quantitative estimate of drug-likeness (QED) is 0.686. The Labute approximate surface area is 88.7 Å². The Morgan fingerprint density at radius 3 is 2.29 bits per heavy atom. The average Bonchev–Trinajstić information content (AvgIpc) is 2.94. The average molecular weight is 195 g/mol. The van der Waals surface area contributed by atoms with Crippen LogP contribution in [0.15, 0.2) is 0 Å². The van der Waals surface area contributed by atoms with Crippen LogP contribution in [0.3, 0.4) is 0 Å². The first-order valence-electron chi connectivity index (χ1n) is 6.35. The number of nitrogens with one attached hydrogen (secondary N) is 1. The van der Waals surface area contributed by atoms with Gasteiger partial charge >= 0.3 is 0 Å². The highest BCUT2D eigenvalue weighted by atomic mass is 14.9. The Bertz CT molecular complexity index is 189. The van der Waals surface area contributed by atoms with Gasteiger partial charge in [-0.25, -0.2) is 0 Å². The molecule has 1 nitrogen and oxygen atoms in total. The van der Waals surface area contributed by atoms with Crippen LogP contribution >= 0.6 is 0 Å². The van der Waals surface area contributed by atoms with Crippen LogP contribution in [0.4, 0.5) is 0 Å². The molecule has 2 rings (SSSR count). The third-order valence-corrected chi connectivity index (χ3v) is 3.93. The van der Waals surface area contributed by atoms with Crippen molar-refractivity contribution in [3.63, 3.8) is 0 Å². The van der Waals surface area contributed by atoms with Crippen molar-refractivity contribution in [1.82, 2.24) is 5.32 Å². The second-order valence-electron chi connectivity index (χ2n) is 6.10. The van der Waals surface area contributed by atoms with E-state index < -0.39 is 0 Å². The molecular formula is C13H25N. The molecule has 0 heterocycles. The van der Waals surface area contributed by atoms with Crippen molar-refractivity contribution >= 4 is 0 Å². The van der Waals surface area contributed by atoms with E-state index in [0.717, 1.165) is 17.9 Å². The standard InChI is InChI=1S/C13H25N/c1-10(2)8-13(6-7-13)9-14-11(3)12-4-5-12/h10-12,14H,4-9H2,1-3H3. The molecule has 1 atom stereocenters. The van der Waals surface area contributed by atoms with Crippen LogP contribution < -0.4 is 5.32 Å². The van der Waals surface area contributed by atoms with Gasteiger partial charge in [-0.2, -0.15) is 0 Å². The molecule has 0 aromatic rings. The maximum absolute atomic E-state index is 3.75. The molecule has 0 saturated heterocycles. The summed E-state index contributed by atoms with van der Waals surface area (Å²) >= 11 is 0. The van der Waals surface area contributed by atoms with Crippen molar-refractivity contribution in [3.8, 4) is 0 Å². The Kier molecular flexibility index (Phi) is 2.88. The topological polar surface area (TPSA) is 12.0 Å². The summed E-state index contributed by atoms with van der Waals surface area (Å²) < 4.78 is 0. The molecule has 0 aromatic heterocycles. The minimum absolute atomic E-state index is 0.706. The molecule has 1 N–H and O–H groups in total. The predicted octanol–water partition coefficient (Wildman–Crippen LogP) is 3.20. The van der Waals surface area contributed by atoms with Crippen LogP contribution in [0, 0.1) is 17.3 Å². The Balaban J connectivity index is 1.68. The van der Waals surface area contributed by atoms with Gasteiger partial charge < -0.3 is 5.32 Å². The lowest BCUT2D eigenvalue weighted by Crippen LogP contribution is -2.33. The molecule has 0 aliphatic heterocycles. The minimum Gasteiger partial charge on any atom is -0.313 e. The molecular weight excluding hydrogens is 170 g/mol. The van der Waals surface area contributed by atoms with Crippen LogP contribution in [-0.4, -0.2) is 12.6 Å². The second-order valence-corrected chi connectivity index (χ2v) is 6.10. The van der Waals surface area contributed by atoms with Gasteiger partial charge in [0.2, 0.25) is 0 Å². The van der Waals surface area contributed by atoms with Gasteiger partial charge in [-0.1, -0.05) is 13.8 Å². The number of rotatable bonds is 6. The van der Waals surface area contributed by atoms with Crippen LogP contribution in [0.25, 0.3) is 0 Å². The van der Waals surface area contributed by atoms with Gasteiger partial charge in [-0.05, 0) is 56.3 Å². The van der Waals surface area contributed by atoms with Crippen LogP contribution in [0.2, 0.25) is 0 Å². The maximum Gasteiger partial charge on any atom is 0.00672 e. The van der Waals surface area contributed by atoms with E-state index in [1.165, 1.54) is 38.6 Å². The van der Waals surface area contributed by atoms with E-state index >= 15 is 0 Å². The van der Waals surface area contributed by atoms with Gasteiger partial charge in [0.1, 0.15) is 0 Å². The summed E-state index contributed by atoms with van der Waals surface area (Å²) in [5.41, 5.74) is 0.706. The summed E-state index contributed by atoms with van der Waals surface area (Å²) in [6, 6.07) is 0.777. The summed E-state index contributed by atoms with van der Waals surface area (Å²) in [5.74, 6) is 1.88. The van der Waals surface area contributed by atoms with Crippen molar-refractivity contribution in [2.24, 2.45) is 17.3 Å². The van der Waals surface area contributed by atoms with Crippen LogP contribution in [0.5, 0.6) is 0 Å². The maximum atomic E-state index is 3.75. The zero-order valence-electron chi connectivity index (χ0n) is 9.97. The normalized spacial score (nSPS) is 26.6. The van der Waals surface area contributed by atoms with E-state index in [2.05, 4.69) is 26.1 Å². The van der Waals surface area contributed by atoms with Crippen molar-refractivity contribution in [3.05, 3.63) is 0 Å². The van der Waals surface area contributed by atoms with Crippen molar-refractivity contribution in [1.29, 1.82) is 0 Å². The van der Waals surface area contributed by atoms with Gasteiger partial charge in [0.25, 0.3) is 0 Å². The zero-order chi connectivity index (χ0) is 10.2. The van der Waals surface area contributed by atoms with Crippen molar-refractivity contribution in [2.75, 3.05) is 6.54 Å². The van der Waals surface area contributed by atoms with Crippen LogP contribution in [-0.2, 0) is 0 Å². The lowest BCUT2D eigenvalue weighted by atomic mass is 9.94. The highest BCUT2D eigenvalue weighted by Gasteiger charge is 2.43. The van der Waals surface area contributed by atoms with E-state index in [-0.39, 0.29) is 0 Å². The molecule has 0 bridgehead atoms. The molecule has 0 aromatic carbocycles. The van der Waals surface area contributed by atoms with Gasteiger partial charge in [0, 0.05) is 12.6 Å². The smallest absolute Gasteiger partial charge is 0.00672 e. The van der Waals surface area contributed by atoms with Crippen molar-refractivity contribution in [2.45, 2.75) is 58.9 Å². The van der Waals surface area contributed by atoms with E-state index in [1.54, 1.807) is 0 Å². The molecule has 1 heteroatoms. The fourth-order valence-corrected chi connectivity index (χ4v) is 2.64. The highest BCUT2D eigenvalue weighted by molar-refractivity contribution is 4.96. The van der Waals surface area contributed by atoms with Crippen LogP contribution in [0.1, 0.15) is 52.9 Å². The highest BCUT2D eigenvalue weighted by Crippen LogP contribution is 2.50. The summed E-state index contributed by atoms with van der Waals surface area (Å²) in [6.45, 7) is 8.35. The largest absolute Gasteiger partial charge is 0.313 e. The summed E-state index contributed by atoms with van der Waals surface area (Å²) in [4.78, 5) is 0. The van der Waals surface area contributed by atoms with E-state index in [9.17, 15) is 0 Å². The molecule has 0 radical (unpaired) electrons. The Morgan fingerprint density at radius 2 is 1.86 bits per heavy atom. The molecule has 2 aliphatic carbocycles. The molecule has 2 fully saturated rings. The molecule has 0 spiro atoms. The lowest BCUT2D eigenvalue weighted by molar-refractivity contribution is 0.342. The van der Waals surface area contributed by atoms with Gasteiger partial charge in [0.15, 0.2) is 0 Å². The fraction of sp³-hybridized carbons (Fsp3) is 1.00. The SMILES string of the molecule is CC(C)CC1(CNC(C)C2CC2)CC1. The van der Waals surface area contributed by atoms with E-state index in [1.807, 2.05) is 0 Å². The number of hydrogen-bond acceptors (Lipinski definition) is 1. The first-order valence-corrected chi connectivity index (χ1v) is 6.35. The first-order chi connectivity index (χ1) is 6.61. The first kappa shape index (κ1) is 10.5. The monoisotopic (exact) mass is 195 g/mol. The van der Waals surface area contributed by atoms with E-state index in [0.29, 0.717) is 5.41 Å². The zero-order valence-corrected chi connectivity index (χ0v) is 9.97. The van der Waals surface area contributed by atoms with E-state index in [4.69, 9.17) is 0 Å². The number of hydrogen-bond donors (Lipinski definition) is 1.